The summed E-state index contributed by atoms with van der Waals surface area (Å²) < 4.78 is 0. The lowest BCUT2D eigenvalue weighted by molar-refractivity contribution is 0.222. The zero-order chi connectivity index (χ0) is 9.44. The standard InChI is InChI=1S/C7H17N.C2H3N/c1-6(2)8(5)7(3)4;1-2-3/h6-7H,1-5H3;1H3. The molecule has 0 aliphatic rings. The van der Waals surface area contributed by atoms with Gasteiger partial charge < -0.3 is 4.90 Å². The summed E-state index contributed by atoms with van der Waals surface area (Å²) in [5, 5.41) is 7.32. The zero-order valence-electron chi connectivity index (χ0n) is 8.55. The Morgan fingerprint density at radius 3 is 1.27 bits per heavy atom. The van der Waals surface area contributed by atoms with Gasteiger partial charge in [-0.3, -0.25) is 0 Å². The van der Waals surface area contributed by atoms with Crippen molar-refractivity contribution in [3.63, 3.8) is 0 Å². The first-order valence-corrected chi connectivity index (χ1v) is 4.00. The maximum atomic E-state index is 7.32. The van der Waals surface area contributed by atoms with Gasteiger partial charge in [0.05, 0.1) is 6.07 Å². The van der Waals surface area contributed by atoms with Crippen LogP contribution in [0.15, 0.2) is 0 Å². The third-order valence-electron chi connectivity index (χ3n) is 1.63. The fraction of sp³-hybridized carbons (Fsp3) is 0.889. The molecule has 0 amide bonds. The highest BCUT2D eigenvalue weighted by Gasteiger charge is 2.04. The Morgan fingerprint density at radius 2 is 1.27 bits per heavy atom. The molecule has 0 rings (SSSR count). The minimum atomic E-state index is 0.676. The number of rotatable bonds is 2. The molecule has 0 aromatic carbocycles. The molecule has 0 aliphatic carbocycles. The molecule has 0 unspecified atom stereocenters. The molecule has 0 spiro atoms. The van der Waals surface area contributed by atoms with E-state index in [1.807, 2.05) is 0 Å². The minimum absolute atomic E-state index is 0.676. The molecule has 2 heteroatoms. The lowest BCUT2D eigenvalue weighted by atomic mass is 10.3. The monoisotopic (exact) mass is 156 g/mol. The highest BCUT2D eigenvalue weighted by molar-refractivity contribution is 4.60. The topological polar surface area (TPSA) is 27.0 Å². The summed E-state index contributed by atoms with van der Waals surface area (Å²) in [5.41, 5.74) is 0. The van der Waals surface area contributed by atoms with Gasteiger partial charge in [-0.2, -0.15) is 5.26 Å². The van der Waals surface area contributed by atoms with Crippen LogP contribution in [0.5, 0.6) is 0 Å². The van der Waals surface area contributed by atoms with Crippen LogP contribution in [0.3, 0.4) is 0 Å². The van der Waals surface area contributed by atoms with Crippen LogP contribution in [0.2, 0.25) is 0 Å². The first-order chi connectivity index (χ1) is 4.97. The fourth-order valence-electron chi connectivity index (χ4n) is 0.596. The smallest absolute Gasteiger partial charge is 0.0587 e. The van der Waals surface area contributed by atoms with E-state index in [1.165, 1.54) is 6.92 Å². The summed E-state index contributed by atoms with van der Waals surface area (Å²) in [5.74, 6) is 0. The Morgan fingerprint density at radius 1 is 1.09 bits per heavy atom. The second-order valence-corrected chi connectivity index (χ2v) is 3.08. The maximum Gasteiger partial charge on any atom is 0.0587 e. The van der Waals surface area contributed by atoms with Crippen LogP contribution in [0.25, 0.3) is 0 Å². The van der Waals surface area contributed by atoms with Crippen LogP contribution >= 0.6 is 0 Å². The molecule has 0 bridgehead atoms. The molecule has 0 aromatic rings. The van der Waals surface area contributed by atoms with Crippen molar-refractivity contribution in [2.24, 2.45) is 0 Å². The number of nitriles is 1. The van der Waals surface area contributed by atoms with Gasteiger partial charge in [-0.25, -0.2) is 0 Å². The van der Waals surface area contributed by atoms with E-state index in [2.05, 4.69) is 39.6 Å². The lowest BCUT2D eigenvalue weighted by Gasteiger charge is -2.24. The van der Waals surface area contributed by atoms with Crippen molar-refractivity contribution in [2.75, 3.05) is 7.05 Å². The Kier molecular flexibility index (Phi) is 8.98. The van der Waals surface area contributed by atoms with Crippen LogP contribution in [0.4, 0.5) is 0 Å². The number of hydrogen-bond donors (Lipinski definition) is 0. The summed E-state index contributed by atoms with van der Waals surface area (Å²) in [4.78, 5) is 2.33. The summed E-state index contributed by atoms with van der Waals surface area (Å²) in [6.45, 7) is 10.3. The molecule has 0 saturated heterocycles. The Hall–Kier alpha value is -0.550. The van der Waals surface area contributed by atoms with E-state index in [9.17, 15) is 0 Å². The third-order valence-corrected chi connectivity index (χ3v) is 1.63. The van der Waals surface area contributed by atoms with Crippen LogP contribution in [0.1, 0.15) is 34.6 Å². The van der Waals surface area contributed by atoms with E-state index in [4.69, 9.17) is 5.26 Å². The van der Waals surface area contributed by atoms with E-state index >= 15 is 0 Å². The molecule has 66 valence electrons. The van der Waals surface area contributed by atoms with Crippen molar-refractivity contribution >= 4 is 0 Å². The Balaban J connectivity index is 0. The van der Waals surface area contributed by atoms with Gasteiger partial charge in [-0.1, -0.05) is 0 Å². The first kappa shape index (κ1) is 13.1. The third kappa shape index (κ3) is 9.45. The van der Waals surface area contributed by atoms with Gasteiger partial charge in [0.2, 0.25) is 0 Å². The quantitative estimate of drug-likeness (QED) is 0.613. The van der Waals surface area contributed by atoms with E-state index in [-0.39, 0.29) is 0 Å². The molecule has 0 aliphatic heterocycles. The van der Waals surface area contributed by atoms with Gasteiger partial charge >= 0.3 is 0 Å². The largest absolute Gasteiger partial charge is 0.302 e. The molecule has 0 heterocycles. The average Bonchev–Trinajstić information content (AvgIpc) is 1.87. The highest BCUT2D eigenvalue weighted by atomic mass is 15.1. The van der Waals surface area contributed by atoms with Crippen LogP contribution in [-0.2, 0) is 0 Å². The predicted octanol–water partition coefficient (Wildman–Crippen LogP) is 2.26. The van der Waals surface area contributed by atoms with Gasteiger partial charge in [0.1, 0.15) is 0 Å². The molecule has 0 aromatic heterocycles. The van der Waals surface area contributed by atoms with Crippen molar-refractivity contribution in [1.29, 1.82) is 5.26 Å². The van der Waals surface area contributed by atoms with Gasteiger partial charge in [0, 0.05) is 19.0 Å². The Labute approximate surface area is 70.8 Å². The van der Waals surface area contributed by atoms with Crippen molar-refractivity contribution in [3.05, 3.63) is 0 Å². The fourth-order valence-corrected chi connectivity index (χ4v) is 0.596. The van der Waals surface area contributed by atoms with Gasteiger partial charge in [0.15, 0.2) is 0 Å². The van der Waals surface area contributed by atoms with Crippen molar-refractivity contribution in [1.82, 2.24) is 4.90 Å². The SMILES string of the molecule is CC#N.CC(C)N(C)C(C)C. The highest BCUT2D eigenvalue weighted by Crippen LogP contribution is 1.98. The molecule has 0 saturated carbocycles. The van der Waals surface area contributed by atoms with Gasteiger partial charge in [0.25, 0.3) is 0 Å². The summed E-state index contributed by atoms with van der Waals surface area (Å²) in [6, 6.07) is 3.10. The molecule has 0 radical (unpaired) electrons. The molecule has 0 N–H and O–H groups in total. The molecule has 0 atom stereocenters. The van der Waals surface area contributed by atoms with E-state index in [1.54, 1.807) is 6.07 Å². The average molecular weight is 156 g/mol. The number of hydrogen-bond acceptors (Lipinski definition) is 2. The predicted molar refractivity (Wildman–Crippen MR) is 49.3 cm³/mol. The second kappa shape index (κ2) is 7.56. The zero-order valence-corrected chi connectivity index (χ0v) is 8.55. The lowest BCUT2D eigenvalue weighted by Crippen LogP contribution is -2.32. The van der Waals surface area contributed by atoms with Crippen LogP contribution in [-0.4, -0.2) is 24.0 Å². The van der Waals surface area contributed by atoms with Gasteiger partial charge in [-0.05, 0) is 34.7 Å². The molecule has 2 nitrogen and oxygen atoms in total. The molecule has 11 heavy (non-hydrogen) atoms. The molecule has 0 fully saturated rings. The summed E-state index contributed by atoms with van der Waals surface area (Å²) in [6.07, 6.45) is 0. The maximum absolute atomic E-state index is 7.32. The van der Waals surface area contributed by atoms with E-state index < -0.39 is 0 Å². The van der Waals surface area contributed by atoms with E-state index in [0.717, 1.165) is 0 Å². The summed E-state index contributed by atoms with van der Waals surface area (Å²) >= 11 is 0. The molecular weight excluding hydrogens is 136 g/mol. The molecular formula is C9H20N2. The van der Waals surface area contributed by atoms with Crippen molar-refractivity contribution in [2.45, 2.75) is 46.7 Å². The van der Waals surface area contributed by atoms with Crippen molar-refractivity contribution < 1.29 is 0 Å². The van der Waals surface area contributed by atoms with Crippen LogP contribution in [0, 0.1) is 11.3 Å². The van der Waals surface area contributed by atoms with Crippen LogP contribution < -0.4 is 0 Å². The number of nitrogens with zero attached hydrogens (tertiary/aromatic N) is 2. The van der Waals surface area contributed by atoms with E-state index in [0.29, 0.717) is 12.1 Å². The minimum Gasteiger partial charge on any atom is -0.302 e. The van der Waals surface area contributed by atoms with Crippen molar-refractivity contribution in [3.8, 4) is 6.07 Å². The van der Waals surface area contributed by atoms with Gasteiger partial charge in [-0.15, -0.1) is 0 Å². The normalized spacial score (nSPS) is 9.45. The second-order valence-electron chi connectivity index (χ2n) is 3.08. The Bertz CT molecular complexity index is 103. The summed E-state index contributed by atoms with van der Waals surface area (Å²) in [7, 11) is 2.15. The first-order valence-electron chi connectivity index (χ1n) is 4.00.